The van der Waals surface area contributed by atoms with Gasteiger partial charge in [-0.05, 0) is 43.3 Å². The van der Waals surface area contributed by atoms with E-state index in [0.29, 0.717) is 0 Å². The Hall–Kier alpha value is -2.69. The van der Waals surface area contributed by atoms with Crippen LogP contribution in [0, 0.1) is 6.92 Å². The van der Waals surface area contributed by atoms with Crippen molar-refractivity contribution in [3.63, 3.8) is 0 Å². The standard InChI is InChI=1S/C15H14N4O/c1-11-3-4-12(9-16-11)15-17-10-18-19(15)13-5-7-14(20-2)8-6-13/h3-10H,1-2H3. The third kappa shape index (κ3) is 2.25. The number of nitrogens with zero attached hydrogens (tertiary/aromatic N) is 4. The molecule has 0 aliphatic rings. The molecule has 0 saturated heterocycles. The van der Waals surface area contributed by atoms with Crippen LogP contribution in [0.5, 0.6) is 5.75 Å². The molecule has 2 heterocycles. The minimum absolute atomic E-state index is 0.766. The smallest absolute Gasteiger partial charge is 0.164 e. The lowest BCUT2D eigenvalue weighted by Crippen LogP contribution is -2.00. The summed E-state index contributed by atoms with van der Waals surface area (Å²) in [6, 6.07) is 11.6. The fourth-order valence-corrected chi connectivity index (χ4v) is 1.95. The van der Waals surface area contributed by atoms with Crippen molar-refractivity contribution in [2.24, 2.45) is 0 Å². The Morgan fingerprint density at radius 1 is 1.00 bits per heavy atom. The summed E-state index contributed by atoms with van der Waals surface area (Å²) in [5, 5.41) is 4.28. The fourth-order valence-electron chi connectivity index (χ4n) is 1.95. The van der Waals surface area contributed by atoms with Crippen LogP contribution in [0.15, 0.2) is 48.9 Å². The molecule has 5 heteroatoms. The first kappa shape index (κ1) is 12.3. The quantitative estimate of drug-likeness (QED) is 0.731. The Balaban J connectivity index is 2.02. The summed E-state index contributed by atoms with van der Waals surface area (Å²) >= 11 is 0. The Kier molecular flexibility index (Phi) is 3.16. The van der Waals surface area contributed by atoms with Gasteiger partial charge in [-0.25, -0.2) is 9.67 Å². The Morgan fingerprint density at radius 2 is 1.80 bits per heavy atom. The predicted octanol–water partition coefficient (Wildman–Crippen LogP) is 2.65. The summed E-state index contributed by atoms with van der Waals surface area (Å²) in [6.07, 6.45) is 3.35. The first-order valence-electron chi connectivity index (χ1n) is 6.25. The molecule has 0 fully saturated rings. The van der Waals surface area contributed by atoms with Gasteiger partial charge < -0.3 is 4.74 Å². The molecule has 100 valence electrons. The average molecular weight is 266 g/mol. The van der Waals surface area contributed by atoms with Gasteiger partial charge in [-0.2, -0.15) is 5.10 Å². The summed E-state index contributed by atoms with van der Waals surface area (Å²) in [5.74, 6) is 1.58. The highest BCUT2D eigenvalue weighted by Gasteiger charge is 2.09. The molecule has 0 spiro atoms. The monoisotopic (exact) mass is 266 g/mol. The highest BCUT2D eigenvalue weighted by atomic mass is 16.5. The van der Waals surface area contributed by atoms with E-state index < -0.39 is 0 Å². The number of pyridine rings is 1. The average Bonchev–Trinajstić information content (AvgIpc) is 2.97. The zero-order valence-electron chi connectivity index (χ0n) is 11.3. The Morgan fingerprint density at radius 3 is 2.45 bits per heavy atom. The molecule has 0 aliphatic heterocycles. The second-order valence-electron chi connectivity index (χ2n) is 4.38. The predicted molar refractivity (Wildman–Crippen MR) is 75.9 cm³/mol. The summed E-state index contributed by atoms with van der Waals surface area (Å²) in [6.45, 7) is 1.96. The third-order valence-electron chi connectivity index (χ3n) is 3.03. The molecule has 0 saturated carbocycles. The van der Waals surface area contributed by atoms with Crippen molar-refractivity contribution in [1.29, 1.82) is 0 Å². The van der Waals surface area contributed by atoms with E-state index >= 15 is 0 Å². The number of aryl methyl sites for hydroxylation is 1. The largest absolute Gasteiger partial charge is 0.497 e. The maximum absolute atomic E-state index is 5.16. The van der Waals surface area contributed by atoms with E-state index in [1.165, 1.54) is 0 Å². The van der Waals surface area contributed by atoms with Gasteiger partial charge in [0.05, 0.1) is 12.8 Å². The van der Waals surface area contributed by atoms with Crippen LogP contribution in [0.25, 0.3) is 17.1 Å². The van der Waals surface area contributed by atoms with Gasteiger partial charge >= 0.3 is 0 Å². The molecular formula is C15H14N4O. The molecule has 0 N–H and O–H groups in total. The van der Waals surface area contributed by atoms with Crippen LogP contribution in [0.2, 0.25) is 0 Å². The van der Waals surface area contributed by atoms with Crippen molar-refractivity contribution in [2.45, 2.75) is 6.92 Å². The van der Waals surface area contributed by atoms with Crippen molar-refractivity contribution in [2.75, 3.05) is 7.11 Å². The molecule has 0 atom stereocenters. The van der Waals surface area contributed by atoms with Gasteiger partial charge in [-0.15, -0.1) is 0 Å². The van der Waals surface area contributed by atoms with Crippen LogP contribution in [-0.2, 0) is 0 Å². The molecule has 3 aromatic rings. The second kappa shape index (κ2) is 5.13. The maximum atomic E-state index is 5.16. The van der Waals surface area contributed by atoms with E-state index in [2.05, 4.69) is 15.1 Å². The van der Waals surface area contributed by atoms with Crippen LogP contribution in [0.1, 0.15) is 5.69 Å². The lowest BCUT2D eigenvalue weighted by atomic mass is 10.2. The molecule has 0 amide bonds. The van der Waals surface area contributed by atoms with Gasteiger partial charge in [0.15, 0.2) is 5.82 Å². The van der Waals surface area contributed by atoms with Crippen LogP contribution >= 0.6 is 0 Å². The van der Waals surface area contributed by atoms with Crippen LogP contribution in [0.3, 0.4) is 0 Å². The number of methoxy groups -OCH3 is 1. The lowest BCUT2D eigenvalue weighted by molar-refractivity contribution is 0.414. The number of rotatable bonds is 3. The van der Waals surface area contributed by atoms with Gasteiger partial charge in [0.1, 0.15) is 12.1 Å². The highest BCUT2D eigenvalue weighted by Crippen LogP contribution is 2.21. The van der Waals surface area contributed by atoms with Crippen LogP contribution < -0.4 is 4.74 Å². The molecule has 20 heavy (non-hydrogen) atoms. The minimum atomic E-state index is 0.766. The number of benzene rings is 1. The van der Waals surface area contributed by atoms with Crippen molar-refractivity contribution in [3.05, 3.63) is 54.6 Å². The highest BCUT2D eigenvalue weighted by molar-refractivity contribution is 5.56. The van der Waals surface area contributed by atoms with E-state index in [0.717, 1.165) is 28.5 Å². The first-order chi connectivity index (χ1) is 9.78. The minimum Gasteiger partial charge on any atom is -0.497 e. The maximum Gasteiger partial charge on any atom is 0.164 e. The Bertz CT molecular complexity index is 701. The summed E-state index contributed by atoms with van der Waals surface area (Å²) in [7, 11) is 1.65. The molecule has 0 unspecified atom stereocenters. The van der Waals surface area contributed by atoms with Gasteiger partial charge in [-0.1, -0.05) is 0 Å². The molecular weight excluding hydrogens is 252 g/mol. The van der Waals surface area contributed by atoms with Crippen molar-refractivity contribution in [1.82, 2.24) is 19.7 Å². The van der Waals surface area contributed by atoms with Crippen molar-refractivity contribution >= 4 is 0 Å². The summed E-state index contributed by atoms with van der Waals surface area (Å²) in [4.78, 5) is 8.61. The number of hydrogen-bond acceptors (Lipinski definition) is 4. The van der Waals surface area contributed by atoms with Gasteiger partial charge in [0, 0.05) is 17.5 Å². The van der Waals surface area contributed by atoms with E-state index in [4.69, 9.17) is 4.74 Å². The third-order valence-corrected chi connectivity index (χ3v) is 3.03. The number of aromatic nitrogens is 4. The van der Waals surface area contributed by atoms with E-state index in [1.54, 1.807) is 24.3 Å². The van der Waals surface area contributed by atoms with E-state index in [9.17, 15) is 0 Å². The van der Waals surface area contributed by atoms with Crippen molar-refractivity contribution in [3.8, 4) is 22.8 Å². The number of hydrogen-bond donors (Lipinski definition) is 0. The fraction of sp³-hybridized carbons (Fsp3) is 0.133. The SMILES string of the molecule is COc1ccc(-n2ncnc2-c2ccc(C)nc2)cc1. The summed E-state index contributed by atoms with van der Waals surface area (Å²) < 4.78 is 6.94. The van der Waals surface area contributed by atoms with Gasteiger partial charge in [-0.3, -0.25) is 4.98 Å². The molecule has 1 aromatic carbocycles. The molecule has 0 bridgehead atoms. The van der Waals surface area contributed by atoms with Gasteiger partial charge in [0.2, 0.25) is 0 Å². The van der Waals surface area contributed by atoms with Crippen molar-refractivity contribution < 1.29 is 4.74 Å². The summed E-state index contributed by atoms with van der Waals surface area (Å²) in [5.41, 5.74) is 2.84. The topological polar surface area (TPSA) is 52.8 Å². The number of ether oxygens (including phenoxy) is 1. The normalized spacial score (nSPS) is 10.5. The molecule has 0 radical (unpaired) electrons. The van der Waals surface area contributed by atoms with Gasteiger partial charge in [0.25, 0.3) is 0 Å². The lowest BCUT2D eigenvalue weighted by Gasteiger charge is -2.07. The van der Waals surface area contributed by atoms with E-state index in [1.807, 2.05) is 43.3 Å². The van der Waals surface area contributed by atoms with Crippen LogP contribution in [0.4, 0.5) is 0 Å². The Labute approximate surface area is 116 Å². The molecule has 2 aromatic heterocycles. The zero-order valence-corrected chi connectivity index (χ0v) is 11.3. The molecule has 0 aliphatic carbocycles. The second-order valence-corrected chi connectivity index (χ2v) is 4.38. The zero-order chi connectivity index (χ0) is 13.9. The first-order valence-corrected chi connectivity index (χ1v) is 6.25. The van der Waals surface area contributed by atoms with Crippen LogP contribution in [-0.4, -0.2) is 26.9 Å². The molecule has 5 nitrogen and oxygen atoms in total. The van der Waals surface area contributed by atoms with E-state index in [-0.39, 0.29) is 0 Å². The molecule has 3 rings (SSSR count).